The molecule has 8 rings (SSSR count). The second kappa shape index (κ2) is 13.4. The van der Waals surface area contributed by atoms with E-state index in [9.17, 15) is 24.9 Å². The molecule has 13 heteroatoms. The zero-order chi connectivity index (χ0) is 34.2. The van der Waals surface area contributed by atoms with Gasteiger partial charge in [-0.15, -0.1) is 0 Å². The molecule has 6 saturated heterocycles. The normalized spacial score (nSPS) is 40.5. The van der Waals surface area contributed by atoms with Gasteiger partial charge in [-0.05, 0) is 51.5 Å². The summed E-state index contributed by atoms with van der Waals surface area (Å²) in [6, 6.07) is 17.7. The average Bonchev–Trinajstić information content (AvgIpc) is 3.88. The fourth-order valence-corrected chi connectivity index (χ4v) is 7.10. The smallest absolute Gasteiger partial charge is 0.338 e. The predicted molar refractivity (Wildman–Crippen MR) is 165 cm³/mol. The summed E-state index contributed by atoms with van der Waals surface area (Å²) in [6.45, 7) is 7.49. The number of benzene rings is 2. The van der Waals surface area contributed by atoms with Crippen molar-refractivity contribution in [2.75, 3.05) is 39.6 Å². The first kappa shape index (κ1) is 34.9. The van der Waals surface area contributed by atoms with Crippen LogP contribution in [0.4, 0.5) is 0 Å². The molecule has 48 heavy (non-hydrogen) atoms. The van der Waals surface area contributed by atoms with Gasteiger partial charge in [0.2, 0.25) is 0 Å². The lowest BCUT2D eigenvalue weighted by molar-refractivity contribution is -0.229. The Morgan fingerprint density at radius 3 is 1.81 bits per heavy atom. The Labute approximate surface area is 278 Å². The molecule has 0 radical (unpaired) electrons. The van der Waals surface area contributed by atoms with Crippen LogP contribution in [0.15, 0.2) is 60.7 Å². The topological polar surface area (TPSA) is 169 Å². The maximum Gasteiger partial charge on any atom is 0.338 e. The Hall–Kier alpha value is -2.98. The summed E-state index contributed by atoms with van der Waals surface area (Å²) in [4.78, 5) is 24.0. The highest BCUT2D eigenvalue weighted by atomic mass is 16.7. The van der Waals surface area contributed by atoms with E-state index in [0.717, 1.165) is 6.42 Å². The van der Waals surface area contributed by atoms with Gasteiger partial charge in [-0.2, -0.15) is 0 Å². The van der Waals surface area contributed by atoms with Gasteiger partial charge >= 0.3 is 11.9 Å². The van der Waals surface area contributed by atoms with Crippen molar-refractivity contribution in [2.24, 2.45) is 5.92 Å². The molecule has 6 aliphatic heterocycles. The van der Waals surface area contributed by atoms with Crippen molar-refractivity contribution in [1.82, 2.24) is 0 Å². The van der Waals surface area contributed by atoms with Crippen LogP contribution >= 0.6 is 0 Å². The molecule has 9 atom stereocenters. The van der Waals surface area contributed by atoms with Crippen molar-refractivity contribution >= 4 is 11.9 Å². The highest BCUT2D eigenvalue weighted by Gasteiger charge is 2.65. The third kappa shape index (κ3) is 6.28. The van der Waals surface area contributed by atoms with Gasteiger partial charge in [0.15, 0.2) is 29.1 Å². The van der Waals surface area contributed by atoms with Crippen LogP contribution in [0.2, 0.25) is 0 Å². The standard InChI is InChI=1S/C14H16O5.C14H16O4.C7H12O4/c1-13-14(16,7-8-17-13)11(9-18-13)19-12(15)10-5-3-2-4-6-10;1-14-11(7-8-16-14)12(9-17-14)18-13(15)10-5-3-2-4-6-10;1-6-7(9,2-3-10-6)5(8)4-11-6/h2-6,11,16H,7-9H2,1H3;2-6,11-12H,7-9H2,1H3;5,8-9H,2-4H2,1H3/t11-,13+,14+;11-,12-,14+;5-,6+,7+/m000/s1. The molecular formula is C35H44O13. The molecule has 0 aliphatic carbocycles. The Morgan fingerprint density at radius 2 is 1.21 bits per heavy atom. The van der Waals surface area contributed by atoms with Gasteiger partial charge in [-0.1, -0.05) is 36.4 Å². The molecule has 0 amide bonds. The number of esters is 2. The number of aliphatic hydroxyl groups excluding tert-OH is 1. The summed E-state index contributed by atoms with van der Waals surface area (Å²) >= 11 is 0. The number of aliphatic hydroxyl groups is 3. The lowest BCUT2D eigenvalue weighted by Gasteiger charge is -2.32. The molecule has 2 aromatic carbocycles. The molecule has 2 aromatic rings. The first-order valence-corrected chi connectivity index (χ1v) is 16.3. The molecule has 13 nitrogen and oxygen atoms in total. The number of fused-ring (bicyclic) bond motifs is 3. The third-order valence-corrected chi connectivity index (χ3v) is 10.4. The van der Waals surface area contributed by atoms with E-state index in [1.165, 1.54) is 0 Å². The second-order valence-electron chi connectivity index (χ2n) is 13.2. The van der Waals surface area contributed by atoms with E-state index in [0.29, 0.717) is 50.4 Å². The van der Waals surface area contributed by atoms with Gasteiger partial charge in [0.25, 0.3) is 0 Å². The SMILES string of the molecule is C[C@]12OCC[C@@]1(O)[C@@H](O)CO2.C[C@]12OCC[C@@]1(O)[C@@H](OC(=O)c1ccccc1)CO2.C[C@]12OCC[C@H]1[C@@H](OC(=O)c1ccccc1)CO2. The van der Waals surface area contributed by atoms with E-state index in [4.69, 9.17) is 37.9 Å². The molecule has 6 aliphatic rings. The molecule has 0 spiro atoms. The number of hydrogen-bond donors (Lipinski definition) is 3. The molecule has 6 fully saturated rings. The van der Waals surface area contributed by atoms with E-state index >= 15 is 0 Å². The van der Waals surface area contributed by atoms with Crippen LogP contribution in [0.3, 0.4) is 0 Å². The first-order valence-electron chi connectivity index (χ1n) is 16.3. The minimum Gasteiger partial charge on any atom is -0.456 e. The number of rotatable bonds is 4. The summed E-state index contributed by atoms with van der Waals surface area (Å²) in [5, 5.41) is 29.8. The van der Waals surface area contributed by atoms with E-state index in [1.54, 1.807) is 50.2 Å². The number of ether oxygens (including phenoxy) is 8. The van der Waals surface area contributed by atoms with Gasteiger partial charge in [-0.3, -0.25) is 0 Å². The van der Waals surface area contributed by atoms with Crippen molar-refractivity contribution in [2.45, 2.75) is 86.9 Å². The number of carbonyl (C=O) groups is 2. The fraction of sp³-hybridized carbons (Fsp3) is 0.600. The van der Waals surface area contributed by atoms with Crippen LogP contribution < -0.4 is 0 Å². The predicted octanol–water partition coefficient (Wildman–Crippen LogP) is 2.35. The molecule has 0 bridgehead atoms. The Kier molecular flexibility index (Phi) is 9.72. The van der Waals surface area contributed by atoms with Crippen LogP contribution in [0.1, 0.15) is 60.7 Å². The van der Waals surface area contributed by atoms with Crippen LogP contribution in [0.25, 0.3) is 0 Å². The van der Waals surface area contributed by atoms with E-state index < -0.39 is 46.7 Å². The maximum absolute atomic E-state index is 12.0. The van der Waals surface area contributed by atoms with Crippen molar-refractivity contribution in [1.29, 1.82) is 0 Å². The number of hydrogen-bond acceptors (Lipinski definition) is 13. The zero-order valence-electron chi connectivity index (χ0n) is 27.4. The molecule has 0 saturated carbocycles. The van der Waals surface area contributed by atoms with Gasteiger partial charge in [0.05, 0.1) is 56.7 Å². The lowest BCUT2D eigenvalue weighted by atomic mass is 9.90. The Morgan fingerprint density at radius 1 is 0.667 bits per heavy atom. The van der Waals surface area contributed by atoms with E-state index in [-0.39, 0.29) is 31.2 Å². The largest absolute Gasteiger partial charge is 0.456 e. The minimum absolute atomic E-state index is 0.144. The van der Waals surface area contributed by atoms with E-state index in [1.807, 2.05) is 31.2 Å². The molecule has 3 N–H and O–H groups in total. The average molecular weight is 673 g/mol. The summed E-state index contributed by atoms with van der Waals surface area (Å²) in [5.41, 5.74) is -1.42. The monoisotopic (exact) mass is 672 g/mol. The quantitative estimate of drug-likeness (QED) is 0.405. The fourth-order valence-electron chi connectivity index (χ4n) is 7.10. The van der Waals surface area contributed by atoms with Crippen LogP contribution in [-0.2, 0) is 37.9 Å². The Balaban J connectivity index is 0.000000130. The summed E-state index contributed by atoms with van der Waals surface area (Å²) in [5.74, 6) is -3.23. The molecular weight excluding hydrogens is 628 g/mol. The molecule has 262 valence electrons. The minimum atomic E-state index is -1.27. The van der Waals surface area contributed by atoms with E-state index in [2.05, 4.69) is 0 Å². The van der Waals surface area contributed by atoms with Gasteiger partial charge in [0.1, 0.15) is 17.8 Å². The first-order chi connectivity index (χ1) is 22.8. The molecule has 0 aromatic heterocycles. The second-order valence-corrected chi connectivity index (χ2v) is 13.2. The summed E-state index contributed by atoms with van der Waals surface area (Å²) in [6.07, 6.45) is 0.0114. The van der Waals surface area contributed by atoms with Crippen LogP contribution in [0.5, 0.6) is 0 Å². The number of carbonyl (C=O) groups excluding carboxylic acids is 2. The Bertz CT molecular complexity index is 1440. The maximum atomic E-state index is 12.0. The van der Waals surface area contributed by atoms with Gasteiger partial charge < -0.3 is 53.2 Å². The molecule has 6 heterocycles. The third-order valence-electron chi connectivity index (χ3n) is 10.4. The van der Waals surface area contributed by atoms with Crippen molar-refractivity contribution < 1.29 is 62.8 Å². The van der Waals surface area contributed by atoms with Gasteiger partial charge in [-0.25, -0.2) is 9.59 Å². The molecule has 0 unspecified atom stereocenters. The zero-order valence-corrected chi connectivity index (χ0v) is 27.4. The summed E-state index contributed by atoms with van der Waals surface area (Å²) < 4.78 is 43.4. The van der Waals surface area contributed by atoms with Crippen molar-refractivity contribution in [3.05, 3.63) is 71.8 Å². The van der Waals surface area contributed by atoms with Crippen molar-refractivity contribution in [3.8, 4) is 0 Å². The van der Waals surface area contributed by atoms with Crippen LogP contribution in [-0.4, -0.2) is 114 Å². The summed E-state index contributed by atoms with van der Waals surface area (Å²) in [7, 11) is 0. The lowest BCUT2D eigenvalue weighted by Crippen LogP contribution is -2.52. The van der Waals surface area contributed by atoms with Gasteiger partial charge in [0, 0.05) is 12.8 Å². The highest BCUT2D eigenvalue weighted by molar-refractivity contribution is 5.90. The highest BCUT2D eigenvalue weighted by Crippen LogP contribution is 2.46. The van der Waals surface area contributed by atoms with Crippen LogP contribution in [0, 0.1) is 5.92 Å². The van der Waals surface area contributed by atoms with Crippen molar-refractivity contribution in [3.63, 3.8) is 0 Å².